The number of carbonyl (C=O) groups is 2. The van der Waals surface area contributed by atoms with Gasteiger partial charge in [0.05, 0.1) is 5.57 Å². The molecule has 0 radical (unpaired) electrons. The number of aliphatic hydroxyl groups excluding tert-OH is 1. The lowest BCUT2D eigenvalue weighted by Gasteiger charge is -2.25. The number of nitrogens with zero attached hydrogens (tertiary/aromatic N) is 2. The highest BCUT2D eigenvalue weighted by Crippen LogP contribution is 2.43. The SMILES string of the molecule is Cc1ccc(C)c(N2C(=O)C(=O)/C(=C(\O)c3ccncc3)C2c2ccc(C)o2)c1. The van der Waals surface area contributed by atoms with Gasteiger partial charge in [0, 0.05) is 23.6 Å². The van der Waals surface area contributed by atoms with Crippen LogP contribution in [0.3, 0.4) is 0 Å². The van der Waals surface area contributed by atoms with Gasteiger partial charge in [-0.25, -0.2) is 0 Å². The van der Waals surface area contributed by atoms with Crippen molar-refractivity contribution in [2.45, 2.75) is 26.8 Å². The lowest BCUT2D eigenvalue weighted by atomic mass is 9.99. The fourth-order valence-electron chi connectivity index (χ4n) is 3.59. The van der Waals surface area contributed by atoms with Crippen LogP contribution in [-0.2, 0) is 9.59 Å². The van der Waals surface area contributed by atoms with Crippen LogP contribution in [-0.4, -0.2) is 21.8 Å². The molecule has 1 aliphatic rings. The van der Waals surface area contributed by atoms with E-state index in [0.29, 0.717) is 22.8 Å². The summed E-state index contributed by atoms with van der Waals surface area (Å²) in [6.45, 7) is 5.58. The number of amides is 1. The maximum absolute atomic E-state index is 13.1. The number of hydrogen-bond acceptors (Lipinski definition) is 5. The normalized spacial score (nSPS) is 18.4. The van der Waals surface area contributed by atoms with Gasteiger partial charge in [-0.1, -0.05) is 12.1 Å². The van der Waals surface area contributed by atoms with Gasteiger partial charge < -0.3 is 9.52 Å². The predicted octanol–water partition coefficient (Wildman–Crippen LogP) is 4.23. The zero-order chi connectivity index (χ0) is 20.7. The second kappa shape index (κ2) is 7.05. The molecular weight excluding hydrogens is 368 g/mol. The van der Waals surface area contributed by atoms with E-state index < -0.39 is 17.7 Å². The van der Waals surface area contributed by atoms with E-state index in [0.717, 1.165) is 11.1 Å². The van der Waals surface area contributed by atoms with E-state index >= 15 is 0 Å². The van der Waals surface area contributed by atoms with Crippen molar-refractivity contribution in [3.8, 4) is 0 Å². The Morgan fingerprint density at radius 1 is 1.03 bits per heavy atom. The van der Waals surface area contributed by atoms with Crippen LogP contribution in [0.25, 0.3) is 5.76 Å². The number of anilines is 1. The maximum atomic E-state index is 13.1. The summed E-state index contributed by atoms with van der Waals surface area (Å²) in [7, 11) is 0. The Morgan fingerprint density at radius 3 is 2.41 bits per heavy atom. The number of ketones is 1. The van der Waals surface area contributed by atoms with E-state index in [1.54, 1.807) is 31.2 Å². The highest BCUT2D eigenvalue weighted by atomic mass is 16.3. The topological polar surface area (TPSA) is 83.6 Å². The molecule has 0 bridgehead atoms. The molecule has 1 aromatic carbocycles. The first-order chi connectivity index (χ1) is 13.9. The summed E-state index contributed by atoms with van der Waals surface area (Å²) in [5, 5.41) is 10.9. The van der Waals surface area contributed by atoms with E-state index in [1.807, 2.05) is 32.0 Å². The number of aryl methyl sites for hydroxylation is 3. The second-order valence-electron chi connectivity index (χ2n) is 7.14. The molecule has 3 heterocycles. The first-order valence-electron chi connectivity index (χ1n) is 9.23. The molecule has 1 fully saturated rings. The molecule has 1 unspecified atom stereocenters. The molecule has 3 aromatic rings. The summed E-state index contributed by atoms with van der Waals surface area (Å²) in [6.07, 6.45) is 3.03. The van der Waals surface area contributed by atoms with Crippen molar-refractivity contribution < 1.29 is 19.1 Å². The molecule has 146 valence electrons. The number of pyridine rings is 1. The van der Waals surface area contributed by atoms with Gasteiger partial charge in [0.1, 0.15) is 23.3 Å². The molecule has 1 aliphatic heterocycles. The lowest BCUT2D eigenvalue weighted by molar-refractivity contribution is -0.132. The van der Waals surface area contributed by atoms with Crippen molar-refractivity contribution in [3.05, 3.63) is 88.6 Å². The number of hydrogen-bond donors (Lipinski definition) is 1. The Labute approximate surface area is 168 Å². The molecule has 29 heavy (non-hydrogen) atoms. The minimum Gasteiger partial charge on any atom is -0.507 e. The highest BCUT2D eigenvalue weighted by Gasteiger charge is 2.48. The smallest absolute Gasteiger partial charge is 0.300 e. The molecule has 6 nitrogen and oxygen atoms in total. The van der Waals surface area contributed by atoms with Crippen LogP contribution >= 0.6 is 0 Å². The third-order valence-electron chi connectivity index (χ3n) is 5.05. The van der Waals surface area contributed by atoms with Crippen molar-refractivity contribution in [1.82, 2.24) is 4.98 Å². The monoisotopic (exact) mass is 388 g/mol. The maximum Gasteiger partial charge on any atom is 0.300 e. The fraction of sp³-hybridized carbons (Fsp3) is 0.174. The lowest BCUT2D eigenvalue weighted by Crippen LogP contribution is -2.30. The summed E-state index contributed by atoms with van der Waals surface area (Å²) in [5.41, 5.74) is 2.81. The summed E-state index contributed by atoms with van der Waals surface area (Å²) in [5.74, 6) is -0.640. The minimum absolute atomic E-state index is 0.00328. The largest absolute Gasteiger partial charge is 0.507 e. The Hall–Kier alpha value is -3.67. The zero-order valence-electron chi connectivity index (χ0n) is 16.3. The molecule has 1 N–H and O–H groups in total. The molecule has 1 amide bonds. The van der Waals surface area contributed by atoms with Gasteiger partial charge in [-0.05, 0) is 62.2 Å². The van der Waals surface area contributed by atoms with E-state index in [2.05, 4.69) is 4.98 Å². The van der Waals surface area contributed by atoms with Crippen LogP contribution in [0.1, 0.15) is 34.3 Å². The van der Waals surface area contributed by atoms with Gasteiger partial charge in [-0.2, -0.15) is 0 Å². The Bertz CT molecular complexity index is 1140. The first-order valence-corrected chi connectivity index (χ1v) is 9.23. The van der Waals surface area contributed by atoms with E-state index in [-0.39, 0.29) is 11.3 Å². The molecule has 0 spiro atoms. The number of benzene rings is 1. The second-order valence-corrected chi connectivity index (χ2v) is 7.14. The summed E-state index contributed by atoms with van der Waals surface area (Å²) < 4.78 is 5.80. The van der Waals surface area contributed by atoms with Crippen LogP contribution in [0.15, 0.2) is 64.8 Å². The number of Topliss-reactive ketones (excluding diaryl/α,β-unsaturated/α-hetero) is 1. The molecular formula is C23H20N2O4. The van der Waals surface area contributed by atoms with Crippen molar-refractivity contribution in [2.75, 3.05) is 4.90 Å². The Morgan fingerprint density at radius 2 is 1.76 bits per heavy atom. The molecule has 0 saturated carbocycles. The first kappa shape index (κ1) is 18.7. The highest BCUT2D eigenvalue weighted by molar-refractivity contribution is 6.51. The standard InChI is InChI=1S/C23H20N2O4/c1-13-4-5-14(2)17(12-13)25-20(18-7-6-15(3)29-18)19(22(27)23(25)28)21(26)16-8-10-24-11-9-16/h4-12,20,26H,1-3H3/b21-19-. The van der Waals surface area contributed by atoms with Crippen molar-refractivity contribution in [3.63, 3.8) is 0 Å². The zero-order valence-corrected chi connectivity index (χ0v) is 16.3. The summed E-state index contributed by atoms with van der Waals surface area (Å²) >= 11 is 0. The fourth-order valence-corrected chi connectivity index (χ4v) is 3.59. The molecule has 1 atom stereocenters. The quantitative estimate of drug-likeness (QED) is 0.412. The number of aliphatic hydroxyl groups is 1. The van der Waals surface area contributed by atoms with E-state index in [1.165, 1.54) is 17.3 Å². The molecule has 0 aliphatic carbocycles. The van der Waals surface area contributed by atoms with Crippen LogP contribution < -0.4 is 4.90 Å². The van der Waals surface area contributed by atoms with Gasteiger partial charge in [-0.15, -0.1) is 0 Å². The third kappa shape index (κ3) is 3.12. The van der Waals surface area contributed by atoms with Crippen LogP contribution in [0.5, 0.6) is 0 Å². The summed E-state index contributed by atoms with van der Waals surface area (Å²) in [6, 6.07) is 11.5. The Balaban J connectivity index is 1.98. The van der Waals surface area contributed by atoms with Crippen molar-refractivity contribution in [1.29, 1.82) is 0 Å². The van der Waals surface area contributed by atoms with E-state index in [9.17, 15) is 14.7 Å². The van der Waals surface area contributed by atoms with Gasteiger partial charge >= 0.3 is 0 Å². The minimum atomic E-state index is -0.864. The summed E-state index contributed by atoms with van der Waals surface area (Å²) in [4.78, 5) is 31.5. The van der Waals surface area contributed by atoms with Gasteiger partial charge in [-0.3, -0.25) is 19.5 Å². The average molecular weight is 388 g/mol. The molecule has 4 rings (SSSR count). The number of furan rings is 1. The van der Waals surface area contributed by atoms with Crippen LogP contribution in [0, 0.1) is 20.8 Å². The number of aromatic nitrogens is 1. The average Bonchev–Trinajstić information content (AvgIpc) is 3.25. The van der Waals surface area contributed by atoms with Crippen LogP contribution in [0.4, 0.5) is 5.69 Å². The Kier molecular flexibility index (Phi) is 4.54. The molecule has 6 heteroatoms. The van der Waals surface area contributed by atoms with Gasteiger partial charge in [0.15, 0.2) is 0 Å². The van der Waals surface area contributed by atoms with Gasteiger partial charge in [0.25, 0.3) is 11.7 Å². The predicted molar refractivity (Wildman–Crippen MR) is 108 cm³/mol. The third-order valence-corrected chi connectivity index (χ3v) is 5.05. The van der Waals surface area contributed by atoms with Crippen LogP contribution in [0.2, 0.25) is 0 Å². The molecule has 2 aromatic heterocycles. The van der Waals surface area contributed by atoms with Crippen molar-refractivity contribution >= 4 is 23.1 Å². The van der Waals surface area contributed by atoms with Crippen molar-refractivity contribution in [2.24, 2.45) is 0 Å². The van der Waals surface area contributed by atoms with Gasteiger partial charge in [0.2, 0.25) is 0 Å². The van der Waals surface area contributed by atoms with E-state index in [4.69, 9.17) is 4.42 Å². The molecule has 1 saturated heterocycles. The number of carbonyl (C=O) groups excluding carboxylic acids is 2. The number of rotatable bonds is 3.